The Morgan fingerprint density at radius 1 is 1.17 bits per heavy atom. The molecular weight excluding hydrogens is 304 g/mol. The minimum Gasteiger partial charge on any atom is -0.463 e. The number of rotatable bonds is 3. The molecule has 0 aromatic carbocycles. The third-order valence-corrected chi connectivity index (χ3v) is 3.90. The topological polar surface area (TPSA) is 127 Å². The third kappa shape index (κ3) is 2.13. The fraction of sp³-hybridized carbons (Fsp3) is 0.357. The van der Waals surface area contributed by atoms with E-state index in [9.17, 15) is 15.3 Å². The lowest BCUT2D eigenvalue weighted by molar-refractivity contribution is -0.0511. The highest BCUT2D eigenvalue weighted by Crippen LogP contribution is 2.32. The number of imidazole rings is 1. The van der Waals surface area contributed by atoms with Crippen LogP contribution >= 0.6 is 0 Å². The van der Waals surface area contributed by atoms with Gasteiger partial charge in [0.25, 0.3) is 0 Å². The van der Waals surface area contributed by atoms with Crippen LogP contribution in [0.15, 0.2) is 35.5 Å². The smallest absolute Gasteiger partial charge is 0.166 e. The normalized spacial score (nSPS) is 27.8. The zero-order valence-electron chi connectivity index (χ0n) is 11.9. The monoisotopic (exact) mass is 318 g/mol. The van der Waals surface area contributed by atoms with Gasteiger partial charge in [-0.1, -0.05) is 0 Å². The highest BCUT2D eigenvalue weighted by molar-refractivity contribution is 5.85. The second-order valence-electron chi connectivity index (χ2n) is 5.25. The number of nitrogens with zero attached hydrogens (tertiary/aromatic N) is 4. The third-order valence-electron chi connectivity index (χ3n) is 3.90. The Morgan fingerprint density at radius 3 is 2.74 bits per heavy atom. The van der Waals surface area contributed by atoms with Crippen molar-refractivity contribution < 1.29 is 24.5 Å². The Kier molecular flexibility index (Phi) is 3.34. The summed E-state index contributed by atoms with van der Waals surface area (Å²) in [5.74, 6) is 0.545. The number of hydrogen-bond donors (Lipinski definition) is 3. The molecule has 4 rings (SSSR count). The summed E-state index contributed by atoms with van der Waals surface area (Å²) >= 11 is 0. The first kappa shape index (κ1) is 14.3. The molecule has 0 bridgehead atoms. The van der Waals surface area contributed by atoms with Gasteiger partial charge < -0.3 is 24.5 Å². The summed E-state index contributed by atoms with van der Waals surface area (Å²) in [4.78, 5) is 12.6. The van der Waals surface area contributed by atoms with E-state index in [0.29, 0.717) is 22.6 Å². The number of furan rings is 1. The molecule has 23 heavy (non-hydrogen) atoms. The van der Waals surface area contributed by atoms with Gasteiger partial charge in [0.15, 0.2) is 17.6 Å². The summed E-state index contributed by atoms with van der Waals surface area (Å²) in [6.07, 6.45) is 0.198. The van der Waals surface area contributed by atoms with Crippen molar-refractivity contribution in [2.45, 2.75) is 24.5 Å². The first-order valence-corrected chi connectivity index (χ1v) is 7.04. The molecule has 3 aromatic rings. The molecule has 1 unspecified atom stereocenters. The van der Waals surface area contributed by atoms with Crippen LogP contribution in [-0.2, 0) is 4.74 Å². The highest BCUT2D eigenvalue weighted by atomic mass is 16.6. The maximum absolute atomic E-state index is 10.1. The molecule has 1 aliphatic heterocycles. The van der Waals surface area contributed by atoms with Gasteiger partial charge in [0.2, 0.25) is 0 Å². The van der Waals surface area contributed by atoms with E-state index in [1.807, 2.05) is 0 Å². The molecule has 120 valence electrons. The fourth-order valence-corrected chi connectivity index (χ4v) is 2.74. The van der Waals surface area contributed by atoms with Crippen molar-refractivity contribution in [3.8, 4) is 11.5 Å². The molecule has 9 heteroatoms. The number of hydrogen-bond acceptors (Lipinski definition) is 8. The van der Waals surface area contributed by atoms with Crippen molar-refractivity contribution >= 4 is 11.2 Å². The molecule has 4 atom stereocenters. The van der Waals surface area contributed by atoms with Crippen LogP contribution in [0, 0.1) is 0 Å². The van der Waals surface area contributed by atoms with Crippen LogP contribution in [-0.4, -0.2) is 59.8 Å². The van der Waals surface area contributed by atoms with Gasteiger partial charge in [-0.2, -0.15) is 0 Å². The zero-order valence-corrected chi connectivity index (χ0v) is 11.9. The lowest BCUT2D eigenvalue weighted by Gasteiger charge is -2.16. The second-order valence-corrected chi connectivity index (χ2v) is 5.25. The molecule has 1 saturated heterocycles. The first-order chi connectivity index (χ1) is 11.2. The lowest BCUT2D eigenvalue weighted by atomic mass is 10.1. The predicted molar refractivity (Wildman–Crippen MR) is 76.0 cm³/mol. The summed E-state index contributed by atoms with van der Waals surface area (Å²) in [5, 5.41) is 29.2. The van der Waals surface area contributed by atoms with E-state index in [0.717, 1.165) is 0 Å². The van der Waals surface area contributed by atoms with Gasteiger partial charge in [-0.15, -0.1) is 0 Å². The zero-order chi connectivity index (χ0) is 16.0. The van der Waals surface area contributed by atoms with Crippen molar-refractivity contribution in [1.82, 2.24) is 19.5 Å². The Hall–Kier alpha value is -2.33. The summed E-state index contributed by atoms with van der Waals surface area (Å²) in [6, 6.07) is 3.50. The van der Waals surface area contributed by atoms with Gasteiger partial charge in [-0.05, 0) is 12.1 Å². The summed E-state index contributed by atoms with van der Waals surface area (Å²) in [6.45, 7) is -0.395. The summed E-state index contributed by atoms with van der Waals surface area (Å²) < 4.78 is 12.4. The van der Waals surface area contributed by atoms with E-state index in [1.54, 1.807) is 12.1 Å². The molecule has 4 heterocycles. The molecule has 0 radical (unpaired) electrons. The largest absolute Gasteiger partial charge is 0.463 e. The summed E-state index contributed by atoms with van der Waals surface area (Å²) in [5.41, 5.74) is 1.44. The molecule has 1 fully saturated rings. The van der Waals surface area contributed by atoms with E-state index in [4.69, 9.17) is 9.15 Å². The van der Waals surface area contributed by atoms with Gasteiger partial charge in [-0.25, -0.2) is 15.0 Å². The minimum atomic E-state index is -1.20. The number of aromatic nitrogens is 4. The van der Waals surface area contributed by atoms with E-state index < -0.39 is 31.1 Å². The maximum Gasteiger partial charge on any atom is 0.166 e. The van der Waals surface area contributed by atoms with Crippen molar-refractivity contribution in [2.75, 3.05) is 6.61 Å². The fourth-order valence-electron chi connectivity index (χ4n) is 2.74. The molecule has 0 saturated carbocycles. The Labute approximate surface area is 129 Å². The van der Waals surface area contributed by atoms with Crippen LogP contribution in [0.3, 0.4) is 0 Å². The van der Waals surface area contributed by atoms with Crippen LogP contribution in [0.4, 0.5) is 0 Å². The Balaban J connectivity index is 1.80. The molecule has 3 aromatic heterocycles. The number of aliphatic hydroxyl groups is 3. The number of ether oxygens (including phenoxy) is 1. The summed E-state index contributed by atoms with van der Waals surface area (Å²) in [7, 11) is 0. The quantitative estimate of drug-likeness (QED) is 0.600. The Morgan fingerprint density at radius 2 is 2.04 bits per heavy atom. The second kappa shape index (κ2) is 5.39. The van der Waals surface area contributed by atoms with Crippen molar-refractivity contribution in [1.29, 1.82) is 0 Å². The van der Waals surface area contributed by atoms with Crippen molar-refractivity contribution in [3.63, 3.8) is 0 Å². The van der Waals surface area contributed by atoms with Crippen molar-refractivity contribution in [2.24, 2.45) is 0 Å². The number of aliphatic hydroxyl groups excluding tert-OH is 3. The van der Waals surface area contributed by atoms with Crippen LogP contribution in [0.25, 0.3) is 22.6 Å². The SMILES string of the molecule is OC[C@H]1OC(n2cnc3c(-c4ccco4)ncnc32)[C@H](O)[C@@H]1O. The van der Waals surface area contributed by atoms with Crippen molar-refractivity contribution in [3.05, 3.63) is 31.1 Å². The molecule has 0 spiro atoms. The van der Waals surface area contributed by atoms with Gasteiger partial charge in [0.1, 0.15) is 35.8 Å². The molecule has 0 amide bonds. The van der Waals surface area contributed by atoms with Gasteiger partial charge >= 0.3 is 0 Å². The van der Waals surface area contributed by atoms with E-state index >= 15 is 0 Å². The number of fused-ring (bicyclic) bond motifs is 1. The standard InChI is InChI=1S/C14H14N4O5/c19-4-8-11(20)12(21)14(23-8)18-6-17-10-9(7-2-1-3-22-7)15-5-16-13(10)18/h1-3,5-6,8,11-12,14,19-21H,4H2/t8-,11-,12-,14?/m1/s1. The average molecular weight is 318 g/mol. The van der Waals surface area contributed by atoms with Crippen LogP contribution in [0.5, 0.6) is 0 Å². The first-order valence-electron chi connectivity index (χ1n) is 7.04. The maximum atomic E-state index is 10.1. The molecule has 1 aliphatic rings. The van der Waals surface area contributed by atoms with Crippen LogP contribution in [0.2, 0.25) is 0 Å². The molecular formula is C14H14N4O5. The van der Waals surface area contributed by atoms with Crippen LogP contribution in [0.1, 0.15) is 6.23 Å². The van der Waals surface area contributed by atoms with Gasteiger partial charge in [0, 0.05) is 0 Å². The van der Waals surface area contributed by atoms with Gasteiger partial charge in [0.05, 0.1) is 19.2 Å². The predicted octanol–water partition coefficient (Wildman–Crippen LogP) is -0.302. The van der Waals surface area contributed by atoms with E-state index in [-0.39, 0.29) is 0 Å². The molecule has 3 N–H and O–H groups in total. The van der Waals surface area contributed by atoms with Crippen LogP contribution < -0.4 is 0 Å². The minimum absolute atomic E-state index is 0.395. The van der Waals surface area contributed by atoms with Gasteiger partial charge in [-0.3, -0.25) is 4.57 Å². The lowest BCUT2D eigenvalue weighted by Crippen LogP contribution is -2.33. The average Bonchev–Trinajstić information content (AvgIpc) is 3.28. The van der Waals surface area contributed by atoms with E-state index in [1.165, 1.54) is 23.5 Å². The highest BCUT2D eigenvalue weighted by Gasteiger charge is 2.44. The Bertz CT molecular complexity index is 818. The molecule has 0 aliphatic carbocycles. The van der Waals surface area contributed by atoms with E-state index in [2.05, 4.69) is 15.0 Å². The molecule has 9 nitrogen and oxygen atoms in total.